The second-order valence-corrected chi connectivity index (χ2v) is 5.45. The van der Waals surface area contributed by atoms with Crippen LogP contribution in [0.1, 0.15) is 12.5 Å². The van der Waals surface area contributed by atoms with Crippen LogP contribution < -0.4 is 10.1 Å². The zero-order valence-corrected chi connectivity index (χ0v) is 13.3. The smallest absolute Gasteiger partial charge is 0.260 e. The van der Waals surface area contributed by atoms with Crippen LogP contribution in [0.3, 0.4) is 0 Å². The van der Waals surface area contributed by atoms with Crippen LogP contribution in [0.4, 0.5) is 0 Å². The highest BCUT2D eigenvalue weighted by molar-refractivity contribution is 9.10. The number of benzene rings is 1. The summed E-state index contributed by atoms with van der Waals surface area (Å²) < 4.78 is 6.47. The van der Waals surface area contributed by atoms with E-state index in [2.05, 4.69) is 26.2 Å². The normalized spacial score (nSPS) is 11.7. The second-order valence-electron chi connectivity index (χ2n) is 4.59. The largest absolute Gasteiger partial charge is 0.480 e. The summed E-state index contributed by atoms with van der Waals surface area (Å²) in [5.74, 6) is 0.530. The molecule has 4 nitrogen and oxygen atoms in total. The Morgan fingerprint density at radius 3 is 2.86 bits per heavy atom. The van der Waals surface area contributed by atoms with E-state index < -0.39 is 6.10 Å². The Labute approximate surface area is 132 Å². The summed E-state index contributed by atoms with van der Waals surface area (Å²) in [6.07, 6.45) is 3.74. The SMILES string of the molecule is C[C@@H](Oc1ccccc1Br)C(=O)NCCc1cccnc1. The van der Waals surface area contributed by atoms with Gasteiger partial charge in [0.1, 0.15) is 5.75 Å². The molecule has 0 radical (unpaired) electrons. The fourth-order valence-electron chi connectivity index (χ4n) is 1.80. The molecule has 0 aliphatic carbocycles. The number of halogens is 1. The van der Waals surface area contributed by atoms with Crippen molar-refractivity contribution in [2.24, 2.45) is 0 Å². The van der Waals surface area contributed by atoms with Crippen molar-refractivity contribution >= 4 is 21.8 Å². The summed E-state index contributed by atoms with van der Waals surface area (Å²) >= 11 is 3.39. The van der Waals surface area contributed by atoms with Crippen LogP contribution in [0.15, 0.2) is 53.3 Å². The summed E-state index contributed by atoms with van der Waals surface area (Å²) in [4.78, 5) is 16.0. The lowest BCUT2D eigenvalue weighted by Gasteiger charge is -2.15. The Bertz CT molecular complexity index is 590. The van der Waals surface area contributed by atoms with Crippen molar-refractivity contribution in [3.63, 3.8) is 0 Å². The van der Waals surface area contributed by atoms with Gasteiger partial charge in [0.2, 0.25) is 0 Å². The van der Waals surface area contributed by atoms with Gasteiger partial charge in [-0.2, -0.15) is 0 Å². The summed E-state index contributed by atoms with van der Waals surface area (Å²) in [7, 11) is 0. The predicted molar refractivity (Wildman–Crippen MR) is 85.2 cm³/mol. The zero-order valence-electron chi connectivity index (χ0n) is 11.8. The molecule has 5 heteroatoms. The Morgan fingerprint density at radius 1 is 1.33 bits per heavy atom. The number of carbonyl (C=O) groups is 1. The molecule has 2 rings (SSSR count). The number of ether oxygens (including phenoxy) is 1. The number of rotatable bonds is 6. The second kappa shape index (κ2) is 7.78. The number of amides is 1. The standard InChI is InChI=1S/C16H17BrN2O2/c1-12(21-15-7-3-2-6-14(15)17)16(20)19-10-8-13-5-4-9-18-11-13/h2-7,9,11-12H,8,10H2,1H3,(H,19,20)/t12-/m1/s1. The molecular weight excluding hydrogens is 332 g/mol. The van der Waals surface area contributed by atoms with Gasteiger partial charge in [0.05, 0.1) is 4.47 Å². The summed E-state index contributed by atoms with van der Waals surface area (Å²) in [6.45, 7) is 2.30. The first-order valence-electron chi connectivity index (χ1n) is 6.74. The van der Waals surface area contributed by atoms with Gasteiger partial charge in [-0.05, 0) is 53.0 Å². The maximum Gasteiger partial charge on any atom is 0.260 e. The maximum absolute atomic E-state index is 12.0. The number of pyridine rings is 1. The van der Waals surface area contributed by atoms with Crippen LogP contribution >= 0.6 is 15.9 Å². The number of hydrogen-bond donors (Lipinski definition) is 1. The van der Waals surface area contributed by atoms with Gasteiger partial charge in [0.25, 0.3) is 5.91 Å². The molecule has 2 aromatic rings. The summed E-state index contributed by atoms with van der Waals surface area (Å²) in [6, 6.07) is 11.3. The molecule has 0 unspecified atom stereocenters. The molecule has 1 amide bonds. The van der Waals surface area contributed by atoms with E-state index in [1.165, 1.54) is 0 Å². The van der Waals surface area contributed by atoms with Gasteiger partial charge in [-0.1, -0.05) is 18.2 Å². The van der Waals surface area contributed by atoms with E-state index in [0.717, 1.165) is 16.5 Å². The number of nitrogens with one attached hydrogen (secondary N) is 1. The Hall–Kier alpha value is -1.88. The van der Waals surface area contributed by atoms with E-state index in [1.807, 2.05) is 36.4 Å². The van der Waals surface area contributed by atoms with Crippen molar-refractivity contribution in [1.29, 1.82) is 0 Å². The number of para-hydroxylation sites is 1. The van der Waals surface area contributed by atoms with Crippen molar-refractivity contribution in [3.05, 3.63) is 58.8 Å². The number of nitrogens with zero attached hydrogens (tertiary/aromatic N) is 1. The lowest BCUT2D eigenvalue weighted by Crippen LogP contribution is -2.37. The van der Waals surface area contributed by atoms with Crippen LogP contribution in [-0.2, 0) is 11.2 Å². The molecule has 1 heterocycles. The van der Waals surface area contributed by atoms with Gasteiger partial charge < -0.3 is 10.1 Å². The lowest BCUT2D eigenvalue weighted by atomic mass is 10.2. The van der Waals surface area contributed by atoms with Crippen LogP contribution in [0.2, 0.25) is 0 Å². The van der Waals surface area contributed by atoms with Crippen LogP contribution in [0.5, 0.6) is 5.75 Å². The monoisotopic (exact) mass is 348 g/mol. The minimum atomic E-state index is -0.544. The van der Waals surface area contributed by atoms with E-state index in [4.69, 9.17) is 4.74 Å². The van der Waals surface area contributed by atoms with Crippen molar-refractivity contribution in [2.45, 2.75) is 19.4 Å². The topological polar surface area (TPSA) is 51.2 Å². The van der Waals surface area contributed by atoms with Crippen molar-refractivity contribution < 1.29 is 9.53 Å². The summed E-state index contributed by atoms with van der Waals surface area (Å²) in [5.41, 5.74) is 1.09. The number of carbonyl (C=O) groups excluding carboxylic acids is 1. The number of aromatic nitrogens is 1. The van der Waals surface area contributed by atoms with Crippen LogP contribution in [-0.4, -0.2) is 23.5 Å². The molecule has 0 spiro atoms. The third kappa shape index (κ3) is 4.86. The van der Waals surface area contributed by atoms with Gasteiger partial charge in [0, 0.05) is 18.9 Å². The molecular formula is C16H17BrN2O2. The van der Waals surface area contributed by atoms with Gasteiger partial charge in [-0.3, -0.25) is 9.78 Å². The minimum Gasteiger partial charge on any atom is -0.480 e. The van der Waals surface area contributed by atoms with E-state index in [-0.39, 0.29) is 5.91 Å². The Balaban J connectivity index is 1.79. The van der Waals surface area contributed by atoms with Gasteiger partial charge in [-0.25, -0.2) is 0 Å². The number of hydrogen-bond acceptors (Lipinski definition) is 3. The first-order valence-corrected chi connectivity index (χ1v) is 7.54. The van der Waals surface area contributed by atoms with E-state index in [9.17, 15) is 4.79 Å². The van der Waals surface area contributed by atoms with E-state index in [0.29, 0.717) is 12.3 Å². The molecule has 1 N–H and O–H groups in total. The maximum atomic E-state index is 12.0. The molecule has 21 heavy (non-hydrogen) atoms. The molecule has 0 bridgehead atoms. The lowest BCUT2D eigenvalue weighted by molar-refractivity contribution is -0.127. The van der Waals surface area contributed by atoms with Gasteiger partial charge >= 0.3 is 0 Å². The molecule has 0 saturated heterocycles. The highest BCUT2D eigenvalue weighted by atomic mass is 79.9. The zero-order chi connectivity index (χ0) is 15.1. The fraction of sp³-hybridized carbons (Fsp3) is 0.250. The first kappa shape index (κ1) is 15.5. The molecule has 0 aliphatic rings. The molecule has 1 aromatic carbocycles. The predicted octanol–water partition coefficient (Wildman–Crippen LogP) is 2.97. The van der Waals surface area contributed by atoms with Crippen molar-refractivity contribution in [1.82, 2.24) is 10.3 Å². The van der Waals surface area contributed by atoms with Crippen molar-refractivity contribution in [3.8, 4) is 5.75 Å². The average molecular weight is 349 g/mol. The van der Waals surface area contributed by atoms with Crippen LogP contribution in [0, 0.1) is 0 Å². The average Bonchev–Trinajstić information content (AvgIpc) is 2.50. The van der Waals surface area contributed by atoms with Gasteiger partial charge in [0.15, 0.2) is 6.10 Å². The fourth-order valence-corrected chi connectivity index (χ4v) is 2.18. The first-order chi connectivity index (χ1) is 10.2. The molecule has 0 fully saturated rings. The highest BCUT2D eigenvalue weighted by Gasteiger charge is 2.15. The molecule has 1 atom stereocenters. The van der Waals surface area contributed by atoms with E-state index >= 15 is 0 Å². The molecule has 0 aliphatic heterocycles. The quantitative estimate of drug-likeness (QED) is 0.872. The Morgan fingerprint density at radius 2 is 2.14 bits per heavy atom. The minimum absolute atomic E-state index is 0.130. The molecule has 0 saturated carbocycles. The summed E-state index contributed by atoms with van der Waals surface area (Å²) in [5, 5.41) is 2.86. The Kier molecular flexibility index (Phi) is 5.75. The van der Waals surface area contributed by atoms with Crippen molar-refractivity contribution in [2.75, 3.05) is 6.54 Å². The highest BCUT2D eigenvalue weighted by Crippen LogP contribution is 2.24. The third-order valence-corrected chi connectivity index (χ3v) is 3.60. The van der Waals surface area contributed by atoms with E-state index in [1.54, 1.807) is 19.3 Å². The van der Waals surface area contributed by atoms with Crippen LogP contribution in [0.25, 0.3) is 0 Å². The third-order valence-electron chi connectivity index (χ3n) is 2.95. The molecule has 110 valence electrons. The molecule has 1 aromatic heterocycles. The van der Waals surface area contributed by atoms with Gasteiger partial charge in [-0.15, -0.1) is 0 Å².